The molecule has 2 heterocycles. The fourth-order valence-corrected chi connectivity index (χ4v) is 4.58. The first-order valence-electron chi connectivity index (χ1n) is 9.36. The zero-order valence-corrected chi connectivity index (χ0v) is 18.6. The molecule has 9 nitrogen and oxygen atoms in total. The lowest BCUT2D eigenvalue weighted by molar-refractivity contribution is -0.384. The Morgan fingerprint density at radius 1 is 1.22 bits per heavy atom. The van der Waals surface area contributed by atoms with E-state index in [1.54, 1.807) is 22.9 Å². The highest BCUT2D eigenvalue weighted by Crippen LogP contribution is 2.27. The van der Waals surface area contributed by atoms with E-state index in [2.05, 4.69) is 20.7 Å². The summed E-state index contributed by atoms with van der Waals surface area (Å²) in [6.45, 7) is 3.73. The molecule has 1 amide bonds. The van der Waals surface area contributed by atoms with Crippen LogP contribution in [0, 0.1) is 29.8 Å². The zero-order valence-electron chi connectivity index (χ0n) is 17.0. The number of carbonyl (C=O) groups excluding carboxylic acids is 1. The second kappa shape index (κ2) is 8.93. The lowest BCUT2D eigenvalue weighted by Gasteiger charge is -2.12. The van der Waals surface area contributed by atoms with Crippen molar-refractivity contribution in [2.45, 2.75) is 19.0 Å². The van der Waals surface area contributed by atoms with Crippen LogP contribution in [0.1, 0.15) is 11.4 Å². The van der Waals surface area contributed by atoms with Crippen LogP contribution in [0.4, 0.5) is 20.9 Å². The number of nitro benzene ring substituents is 1. The third-order valence-corrected chi connectivity index (χ3v) is 6.43. The molecular formula is C20H17FN6O3S2. The van der Waals surface area contributed by atoms with E-state index in [9.17, 15) is 19.3 Å². The first kappa shape index (κ1) is 21.7. The number of nitro groups is 1. The summed E-state index contributed by atoms with van der Waals surface area (Å²) >= 11 is 2.43. The summed E-state index contributed by atoms with van der Waals surface area (Å²) < 4.78 is 15.7. The monoisotopic (exact) mass is 472 g/mol. The zero-order chi connectivity index (χ0) is 22.8. The Labute approximate surface area is 189 Å². The first-order chi connectivity index (χ1) is 15.3. The maximum atomic E-state index is 13.3. The number of carbonyl (C=O) groups is 1. The topological polar surface area (TPSA) is 115 Å². The van der Waals surface area contributed by atoms with E-state index in [1.807, 2.05) is 13.8 Å². The highest BCUT2D eigenvalue weighted by atomic mass is 32.2. The van der Waals surface area contributed by atoms with E-state index < -0.39 is 4.92 Å². The van der Waals surface area contributed by atoms with Crippen molar-refractivity contribution in [1.29, 1.82) is 0 Å². The Hall–Kier alpha value is -3.51. The quantitative estimate of drug-likeness (QED) is 0.226. The number of hydrogen-bond donors (Lipinski definition) is 2. The van der Waals surface area contributed by atoms with Gasteiger partial charge in [0.15, 0.2) is 10.3 Å². The second-order valence-corrected chi connectivity index (χ2v) is 8.76. The molecular weight excluding hydrogens is 455 g/mol. The summed E-state index contributed by atoms with van der Waals surface area (Å²) in [5.74, 6) is -0.537. The molecule has 0 radical (unpaired) electrons. The van der Waals surface area contributed by atoms with Crippen molar-refractivity contribution in [2.75, 3.05) is 16.5 Å². The minimum Gasteiger partial charge on any atom is -0.301 e. The van der Waals surface area contributed by atoms with Gasteiger partial charge in [0.25, 0.3) is 5.69 Å². The number of imidazole rings is 1. The van der Waals surface area contributed by atoms with Gasteiger partial charge in [0.2, 0.25) is 5.91 Å². The van der Waals surface area contributed by atoms with Gasteiger partial charge in [0.1, 0.15) is 5.82 Å². The number of hydrogen-bond acceptors (Lipinski definition) is 8. The SMILES string of the molecule is Cc1nc(SCC(=O)Nc2nc3ccc(F)cc3s2)n(Nc2ccc([N+](=O)[O-])cc2)c1C. The van der Waals surface area contributed by atoms with Crippen molar-refractivity contribution in [3.8, 4) is 0 Å². The Morgan fingerprint density at radius 3 is 2.69 bits per heavy atom. The summed E-state index contributed by atoms with van der Waals surface area (Å²) in [7, 11) is 0. The molecule has 0 fully saturated rings. The summed E-state index contributed by atoms with van der Waals surface area (Å²) in [4.78, 5) is 31.6. The summed E-state index contributed by atoms with van der Waals surface area (Å²) in [6, 6.07) is 10.3. The van der Waals surface area contributed by atoms with Crippen LogP contribution in [-0.2, 0) is 4.79 Å². The van der Waals surface area contributed by atoms with Crippen LogP contribution in [0.25, 0.3) is 10.2 Å². The average Bonchev–Trinajstić information content (AvgIpc) is 3.27. The van der Waals surface area contributed by atoms with Crippen LogP contribution in [0.15, 0.2) is 47.6 Å². The number of fused-ring (bicyclic) bond motifs is 1. The number of amides is 1. The lowest BCUT2D eigenvalue weighted by atomic mass is 10.3. The van der Waals surface area contributed by atoms with Crippen LogP contribution in [0.3, 0.4) is 0 Å². The third-order valence-electron chi connectivity index (χ3n) is 4.56. The predicted molar refractivity (Wildman–Crippen MR) is 123 cm³/mol. The number of nitrogens with one attached hydrogen (secondary N) is 2. The van der Waals surface area contributed by atoms with E-state index >= 15 is 0 Å². The molecule has 0 spiro atoms. The van der Waals surface area contributed by atoms with E-state index in [-0.39, 0.29) is 23.2 Å². The highest BCUT2D eigenvalue weighted by molar-refractivity contribution is 7.99. The van der Waals surface area contributed by atoms with Crippen LogP contribution in [-0.4, -0.2) is 31.2 Å². The molecule has 164 valence electrons. The summed E-state index contributed by atoms with van der Waals surface area (Å²) in [5, 5.41) is 14.5. The summed E-state index contributed by atoms with van der Waals surface area (Å²) in [6.07, 6.45) is 0. The molecule has 0 bridgehead atoms. The molecule has 0 unspecified atom stereocenters. The minimum atomic E-state index is -0.460. The molecule has 4 aromatic rings. The van der Waals surface area contributed by atoms with Crippen molar-refractivity contribution < 1.29 is 14.1 Å². The second-order valence-electron chi connectivity index (χ2n) is 6.78. The van der Waals surface area contributed by atoms with Gasteiger partial charge < -0.3 is 5.32 Å². The molecule has 2 N–H and O–H groups in total. The van der Waals surface area contributed by atoms with E-state index in [0.29, 0.717) is 26.2 Å². The van der Waals surface area contributed by atoms with Crippen molar-refractivity contribution in [3.63, 3.8) is 0 Å². The van der Waals surface area contributed by atoms with E-state index in [0.717, 1.165) is 11.4 Å². The molecule has 4 rings (SSSR count). The number of aromatic nitrogens is 3. The van der Waals surface area contributed by atoms with Crippen LogP contribution in [0.2, 0.25) is 0 Å². The van der Waals surface area contributed by atoms with Crippen LogP contribution < -0.4 is 10.7 Å². The molecule has 32 heavy (non-hydrogen) atoms. The van der Waals surface area contributed by atoms with Crippen molar-refractivity contribution in [2.24, 2.45) is 0 Å². The van der Waals surface area contributed by atoms with Gasteiger partial charge in [-0.3, -0.25) is 20.3 Å². The number of halogens is 1. The minimum absolute atomic E-state index is 0.00191. The van der Waals surface area contributed by atoms with E-state index in [1.165, 1.54) is 47.4 Å². The Balaban J connectivity index is 1.44. The average molecular weight is 473 g/mol. The predicted octanol–water partition coefficient (Wildman–Crippen LogP) is 4.76. The highest BCUT2D eigenvalue weighted by Gasteiger charge is 2.15. The van der Waals surface area contributed by atoms with Gasteiger partial charge >= 0.3 is 0 Å². The number of anilines is 2. The van der Waals surface area contributed by atoms with Crippen molar-refractivity contribution in [1.82, 2.24) is 14.6 Å². The molecule has 0 saturated heterocycles. The third kappa shape index (κ3) is 4.70. The molecule has 2 aromatic carbocycles. The summed E-state index contributed by atoms with van der Waals surface area (Å²) in [5.41, 5.74) is 6.05. The van der Waals surface area contributed by atoms with Crippen molar-refractivity contribution >= 4 is 55.7 Å². The molecule has 0 saturated carbocycles. The van der Waals surface area contributed by atoms with Gasteiger partial charge in [-0.15, -0.1) is 0 Å². The fraction of sp³-hybridized carbons (Fsp3) is 0.150. The smallest absolute Gasteiger partial charge is 0.269 e. The maximum Gasteiger partial charge on any atom is 0.269 e. The van der Waals surface area contributed by atoms with Crippen LogP contribution >= 0.6 is 23.1 Å². The van der Waals surface area contributed by atoms with Gasteiger partial charge in [-0.25, -0.2) is 19.0 Å². The Bertz CT molecular complexity index is 1320. The van der Waals surface area contributed by atoms with Gasteiger partial charge in [-0.2, -0.15) is 0 Å². The molecule has 2 aromatic heterocycles. The number of nitrogens with zero attached hydrogens (tertiary/aromatic N) is 4. The van der Waals surface area contributed by atoms with Crippen LogP contribution in [0.5, 0.6) is 0 Å². The number of benzene rings is 2. The lowest BCUT2D eigenvalue weighted by Crippen LogP contribution is -2.16. The van der Waals surface area contributed by atoms with E-state index in [4.69, 9.17) is 0 Å². The van der Waals surface area contributed by atoms with Gasteiger partial charge in [0.05, 0.1) is 38.0 Å². The molecule has 0 aliphatic carbocycles. The van der Waals surface area contributed by atoms with Crippen molar-refractivity contribution in [3.05, 3.63) is 69.8 Å². The number of thiazole rings is 1. The number of non-ortho nitro benzene ring substituents is 1. The fourth-order valence-electron chi connectivity index (χ4n) is 2.83. The van der Waals surface area contributed by atoms with Gasteiger partial charge in [-0.05, 0) is 44.2 Å². The maximum absolute atomic E-state index is 13.3. The Morgan fingerprint density at radius 2 is 1.97 bits per heavy atom. The standard InChI is InChI=1S/C20H17FN6O3S2/c1-11-12(2)26(25-14-4-6-15(7-5-14)27(29)30)20(22-11)31-10-18(28)24-19-23-16-8-3-13(21)9-17(16)32-19/h3-9,25H,10H2,1-2H3,(H,23,24,28). The Kier molecular flexibility index (Phi) is 6.06. The molecule has 12 heteroatoms. The largest absolute Gasteiger partial charge is 0.301 e. The molecule has 0 atom stereocenters. The normalized spacial score (nSPS) is 11.0. The number of thioether (sulfide) groups is 1. The van der Waals surface area contributed by atoms with Gasteiger partial charge in [-0.1, -0.05) is 23.1 Å². The molecule has 0 aliphatic rings. The molecule has 0 aliphatic heterocycles. The number of rotatable bonds is 7. The first-order valence-corrected chi connectivity index (χ1v) is 11.2. The van der Waals surface area contributed by atoms with Gasteiger partial charge in [0, 0.05) is 12.1 Å². The number of aryl methyl sites for hydroxylation is 1.